The Kier molecular flexibility index (Phi) is 4.37. The van der Waals surface area contributed by atoms with Crippen LogP contribution in [0, 0.1) is 0 Å². The van der Waals surface area contributed by atoms with Gasteiger partial charge in [0.2, 0.25) is 5.88 Å². The van der Waals surface area contributed by atoms with Gasteiger partial charge in [-0.1, -0.05) is 18.2 Å². The summed E-state index contributed by atoms with van der Waals surface area (Å²) in [5.41, 5.74) is 6.74. The van der Waals surface area contributed by atoms with Crippen LogP contribution in [0.25, 0.3) is 0 Å². The van der Waals surface area contributed by atoms with E-state index in [1.807, 2.05) is 24.3 Å². The highest BCUT2D eigenvalue weighted by molar-refractivity contribution is 5.35. The van der Waals surface area contributed by atoms with Crippen LogP contribution in [0.1, 0.15) is 11.6 Å². The molecule has 0 saturated heterocycles. The second-order valence-corrected chi connectivity index (χ2v) is 4.24. The number of hydrogen-bond acceptors (Lipinski definition) is 5. The lowest BCUT2D eigenvalue weighted by Crippen LogP contribution is -2.28. The first-order chi connectivity index (χ1) is 9.65. The van der Waals surface area contributed by atoms with E-state index in [2.05, 4.69) is 5.10 Å². The van der Waals surface area contributed by atoms with Gasteiger partial charge in [0, 0.05) is 17.7 Å². The number of hydrogen-bond donors (Lipinski definition) is 1. The number of aromatic nitrogens is 2. The predicted molar refractivity (Wildman–Crippen MR) is 75.0 cm³/mol. The number of para-hydroxylation sites is 1. The molecule has 2 rings (SSSR count). The Bertz CT molecular complexity index is 640. The number of nitrogens with zero attached hydrogens (tertiary/aromatic N) is 2. The maximum absolute atomic E-state index is 11.8. The van der Waals surface area contributed by atoms with Crippen molar-refractivity contribution in [3.63, 3.8) is 0 Å². The normalized spacial score (nSPS) is 11.9. The van der Waals surface area contributed by atoms with E-state index in [0.29, 0.717) is 11.6 Å². The van der Waals surface area contributed by atoms with Crippen molar-refractivity contribution in [1.82, 2.24) is 9.78 Å². The molecule has 0 saturated carbocycles. The lowest BCUT2D eigenvalue weighted by Gasteiger charge is -2.16. The lowest BCUT2D eigenvalue weighted by molar-refractivity contribution is 0.366. The van der Waals surface area contributed by atoms with Crippen LogP contribution < -0.4 is 20.8 Å². The molecule has 1 atom stereocenters. The third-order valence-corrected chi connectivity index (χ3v) is 2.96. The van der Waals surface area contributed by atoms with Crippen molar-refractivity contribution in [3.05, 3.63) is 52.3 Å². The molecule has 1 aromatic heterocycles. The van der Waals surface area contributed by atoms with Crippen LogP contribution in [0.4, 0.5) is 0 Å². The third kappa shape index (κ3) is 2.97. The van der Waals surface area contributed by atoms with Gasteiger partial charge < -0.3 is 15.2 Å². The number of rotatable bonds is 5. The summed E-state index contributed by atoms with van der Waals surface area (Å²) in [6, 6.07) is 9.97. The van der Waals surface area contributed by atoms with Crippen molar-refractivity contribution in [1.29, 1.82) is 0 Å². The lowest BCUT2D eigenvalue weighted by atomic mass is 10.1. The second-order valence-electron chi connectivity index (χ2n) is 4.24. The van der Waals surface area contributed by atoms with Gasteiger partial charge in [0.1, 0.15) is 5.75 Å². The summed E-state index contributed by atoms with van der Waals surface area (Å²) in [7, 11) is 3.08. The fourth-order valence-electron chi connectivity index (χ4n) is 1.93. The molecule has 1 heterocycles. The Balaban J connectivity index is 2.27. The second kappa shape index (κ2) is 6.21. The first kappa shape index (κ1) is 14.1. The Labute approximate surface area is 116 Å². The van der Waals surface area contributed by atoms with Gasteiger partial charge in [-0.2, -0.15) is 0 Å². The first-order valence-corrected chi connectivity index (χ1v) is 6.16. The van der Waals surface area contributed by atoms with Gasteiger partial charge in [0.05, 0.1) is 26.8 Å². The van der Waals surface area contributed by atoms with Crippen molar-refractivity contribution >= 4 is 0 Å². The van der Waals surface area contributed by atoms with Gasteiger partial charge in [-0.15, -0.1) is 5.10 Å². The summed E-state index contributed by atoms with van der Waals surface area (Å²) < 4.78 is 11.6. The van der Waals surface area contributed by atoms with Gasteiger partial charge in [0.15, 0.2) is 0 Å². The van der Waals surface area contributed by atoms with Crippen molar-refractivity contribution in [2.24, 2.45) is 5.73 Å². The van der Waals surface area contributed by atoms with Crippen molar-refractivity contribution in [2.75, 3.05) is 14.2 Å². The van der Waals surface area contributed by atoms with Crippen molar-refractivity contribution in [3.8, 4) is 11.6 Å². The van der Waals surface area contributed by atoms with E-state index in [1.165, 1.54) is 23.9 Å². The monoisotopic (exact) mass is 275 g/mol. The number of ether oxygens (including phenoxy) is 2. The Morgan fingerprint density at radius 3 is 2.65 bits per heavy atom. The zero-order chi connectivity index (χ0) is 14.5. The number of benzene rings is 1. The third-order valence-electron chi connectivity index (χ3n) is 2.96. The summed E-state index contributed by atoms with van der Waals surface area (Å²) in [5, 5.41) is 4.07. The standard InChI is InChI=1S/C14H17N3O3/c1-19-12-6-4-3-5-10(12)11(15)9-17-14(18)8-7-13(16-17)20-2/h3-8,11H,9,15H2,1-2H3. The van der Waals surface area contributed by atoms with Gasteiger partial charge in [-0.25, -0.2) is 4.68 Å². The summed E-state index contributed by atoms with van der Waals surface area (Å²) in [4.78, 5) is 11.8. The fourth-order valence-corrected chi connectivity index (χ4v) is 1.93. The van der Waals surface area contributed by atoms with E-state index in [9.17, 15) is 4.79 Å². The maximum atomic E-state index is 11.8. The molecule has 0 aliphatic rings. The maximum Gasteiger partial charge on any atom is 0.267 e. The predicted octanol–water partition coefficient (Wildman–Crippen LogP) is 0.960. The SMILES string of the molecule is COc1ccc(=O)n(CC(N)c2ccccc2OC)n1. The summed E-state index contributed by atoms with van der Waals surface area (Å²) in [6.07, 6.45) is 0. The minimum atomic E-state index is -0.400. The van der Waals surface area contributed by atoms with Gasteiger partial charge in [0.25, 0.3) is 5.56 Å². The van der Waals surface area contributed by atoms with E-state index in [-0.39, 0.29) is 12.1 Å². The van der Waals surface area contributed by atoms with Crippen LogP contribution in [0.5, 0.6) is 11.6 Å². The van der Waals surface area contributed by atoms with Gasteiger partial charge >= 0.3 is 0 Å². The molecule has 20 heavy (non-hydrogen) atoms. The van der Waals surface area contributed by atoms with Crippen LogP contribution in [0.2, 0.25) is 0 Å². The molecule has 0 aliphatic heterocycles. The Hall–Kier alpha value is -2.34. The molecule has 0 radical (unpaired) electrons. The highest BCUT2D eigenvalue weighted by atomic mass is 16.5. The molecule has 0 amide bonds. The molecular weight excluding hydrogens is 258 g/mol. The number of methoxy groups -OCH3 is 2. The highest BCUT2D eigenvalue weighted by Crippen LogP contribution is 2.23. The molecule has 6 nitrogen and oxygen atoms in total. The Morgan fingerprint density at radius 2 is 1.95 bits per heavy atom. The topological polar surface area (TPSA) is 79.4 Å². The average Bonchev–Trinajstić information content (AvgIpc) is 2.49. The minimum absolute atomic E-state index is 0.226. The van der Waals surface area contributed by atoms with Crippen LogP contribution in [0.15, 0.2) is 41.2 Å². The van der Waals surface area contributed by atoms with Crippen LogP contribution in [-0.2, 0) is 6.54 Å². The van der Waals surface area contributed by atoms with Crippen LogP contribution in [0.3, 0.4) is 0 Å². The van der Waals surface area contributed by atoms with Gasteiger partial charge in [-0.05, 0) is 6.07 Å². The van der Waals surface area contributed by atoms with Crippen LogP contribution in [-0.4, -0.2) is 24.0 Å². The summed E-state index contributed by atoms with van der Waals surface area (Å²) >= 11 is 0. The molecule has 0 aliphatic carbocycles. The largest absolute Gasteiger partial charge is 0.496 e. The van der Waals surface area contributed by atoms with E-state index < -0.39 is 6.04 Å². The smallest absolute Gasteiger partial charge is 0.267 e. The Morgan fingerprint density at radius 1 is 1.20 bits per heavy atom. The fraction of sp³-hybridized carbons (Fsp3) is 0.286. The molecule has 2 aromatic rings. The molecule has 6 heteroatoms. The minimum Gasteiger partial charge on any atom is -0.496 e. The molecular formula is C14H17N3O3. The first-order valence-electron chi connectivity index (χ1n) is 6.16. The van der Waals surface area contributed by atoms with E-state index >= 15 is 0 Å². The number of nitrogens with two attached hydrogens (primary N) is 1. The van der Waals surface area contributed by atoms with E-state index in [4.69, 9.17) is 15.2 Å². The molecule has 1 unspecified atom stereocenters. The van der Waals surface area contributed by atoms with Crippen molar-refractivity contribution in [2.45, 2.75) is 12.6 Å². The van der Waals surface area contributed by atoms with E-state index in [1.54, 1.807) is 7.11 Å². The molecule has 0 spiro atoms. The highest BCUT2D eigenvalue weighted by Gasteiger charge is 2.13. The van der Waals surface area contributed by atoms with E-state index in [0.717, 1.165) is 5.56 Å². The summed E-state index contributed by atoms with van der Waals surface area (Å²) in [6.45, 7) is 0.246. The average molecular weight is 275 g/mol. The summed E-state index contributed by atoms with van der Waals surface area (Å²) in [5.74, 6) is 1.06. The quantitative estimate of drug-likeness (QED) is 0.879. The molecule has 2 N–H and O–H groups in total. The van der Waals surface area contributed by atoms with Gasteiger partial charge in [-0.3, -0.25) is 4.79 Å². The zero-order valence-electron chi connectivity index (χ0n) is 11.4. The molecule has 106 valence electrons. The molecule has 1 aromatic carbocycles. The molecule has 0 fully saturated rings. The zero-order valence-corrected chi connectivity index (χ0v) is 11.4. The van der Waals surface area contributed by atoms with Crippen molar-refractivity contribution < 1.29 is 9.47 Å². The van der Waals surface area contributed by atoms with Crippen LogP contribution >= 0.6 is 0 Å². The molecule has 0 bridgehead atoms.